The second-order valence-electron chi connectivity index (χ2n) is 3.92. The summed E-state index contributed by atoms with van der Waals surface area (Å²) in [6, 6.07) is 0. The molecule has 0 spiro atoms. The van der Waals surface area contributed by atoms with Gasteiger partial charge >= 0.3 is 6.18 Å². The molecule has 1 aromatic heterocycles. The van der Waals surface area contributed by atoms with E-state index in [0.29, 0.717) is 13.1 Å². The van der Waals surface area contributed by atoms with Crippen molar-refractivity contribution in [1.29, 1.82) is 0 Å². The number of rotatable bonds is 8. The monoisotopic (exact) mass is 265 g/mol. The molecule has 0 amide bonds. The Balaban J connectivity index is 2.27. The average Bonchev–Trinajstić information content (AvgIpc) is 2.71. The third-order valence-corrected chi connectivity index (χ3v) is 2.27. The lowest BCUT2D eigenvalue weighted by Crippen LogP contribution is -2.20. The number of nitrogens with zero attached hydrogens (tertiary/aromatic N) is 2. The van der Waals surface area contributed by atoms with Crippen LogP contribution in [0, 0.1) is 0 Å². The van der Waals surface area contributed by atoms with Crippen LogP contribution in [0.4, 0.5) is 13.2 Å². The van der Waals surface area contributed by atoms with Gasteiger partial charge in [0.1, 0.15) is 6.61 Å². The largest absolute Gasteiger partial charge is 0.411 e. The molecule has 18 heavy (non-hydrogen) atoms. The number of ether oxygens (including phenoxy) is 1. The maximum atomic E-state index is 11.9. The highest BCUT2D eigenvalue weighted by Crippen LogP contribution is 2.14. The molecule has 1 aromatic rings. The normalized spacial score (nSPS) is 12.0. The third-order valence-electron chi connectivity index (χ3n) is 2.27. The molecule has 0 aliphatic heterocycles. The number of hydrogen-bond donors (Lipinski definition) is 1. The highest BCUT2D eigenvalue weighted by atomic mass is 19.4. The third kappa shape index (κ3) is 6.02. The van der Waals surface area contributed by atoms with Gasteiger partial charge in [-0.25, -0.2) is 4.98 Å². The standard InChI is InChI=1S/C11H18F3N3O/c1-2-3-15-6-10-7-16-9-17(10)4-5-18-8-11(12,13)14/h7,9,15H,2-6,8H2,1H3. The van der Waals surface area contributed by atoms with E-state index >= 15 is 0 Å². The van der Waals surface area contributed by atoms with Crippen LogP contribution in [-0.4, -0.2) is 35.5 Å². The van der Waals surface area contributed by atoms with Gasteiger partial charge in [0.25, 0.3) is 0 Å². The molecule has 104 valence electrons. The molecule has 1 N–H and O–H groups in total. The van der Waals surface area contributed by atoms with Gasteiger partial charge in [-0.2, -0.15) is 13.2 Å². The molecule has 1 rings (SSSR count). The second kappa shape index (κ2) is 7.38. The molecule has 0 fully saturated rings. The maximum absolute atomic E-state index is 11.9. The predicted molar refractivity (Wildman–Crippen MR) is 61.1 cm³/mol. The Labute approximate surface area is 104 Å². The molecule has 0 bridgehead atoms. The van der Waals surface area contributed by atoms with E-state index in [-0.39, 0.29) is 6.61 Å². The van der Waals surface area contributed by atoms with Gasteiger partial charge in [0.2, 0.25) is 0 Å². The van der Waals surface area contributed by atoms with Crippen molar-refractivity contribution in [3.63, 3.8) is 0 Å². The highest BCUT2D eigenvalue weighted by molar-refractivity contribution is 4.97. The summed E-state index contributed by atoms with van der Waals surface area (Å²) in [7, 11) is 0. The first-order valence-electron chi connectivity index (χ1n) is 5.87. The van der Waals surface area contributed by atoms with Gasteiger partial charge < -0.3 is 14.6 Å². The molecule has 0 unspecified atom stereocenters. The van der Waals surface area contributed by atoms with Crippen LogP contribution in [0.3, 0.4) is 0 Å². The number of aromatic nitrogens is 2. The zero-order valence-electron chi connectivity index (χ0n) is 10.3. The van der Waals surface area contributed by atoms with Crippen LogP contribution in [0.5, 0.6) is 0 Å². The summed E-state index contributed by atoms with van der Waals surface area (Å²) in [5.41, 5.74) is 0.944. The SMILES string of the molecule is CCCNCc1cncn1CCOCC(F)(F)F. The van der Waals surface area contributed by atoms with E-state index in [1.807, 2.05) is 0 Å². The predicted octanol–water partition coefficient (Wildman–Crippen LogP) is 1.96. The van der Waals surface area contributed by atoms with E-state index in [2.05, 4.69) is 22.0 Å². The van der Waals surface area contributed by atoms with E-state index < -0.39 is 12.8 Å². The molecule has 1 heterocycles. The quantitative estimate of drug-likeness (QED) is 0.730. The van der Waals surface area contributed by atoms with Gasteiger partial charge in [0.15, 0.2) is 0 Å². The molecule has 0 aliphatic rings. The molecule has 7 heteroatoms. The van der Waals surface area contributed by atoms with Crippen molar-refractivity contribution in [3.8, 4) is 0 Å². The zero-order chi connectivity index (χ0) is 13.4. The van der Waals surface area contributed by atoms with Gasteiger partial charge in [-0.3, -0.25) is 0 Å². The minimum atomic E-state index is -4.26. The summed E-state index contributed by atoms with van der Waals surface area (Å²) < 4.78 is 41.9. The Morgan fingerprint density at radius 1 is 1.44 bits per heavy atom. The Hall–Kier alpha value is -1.08. The average molecular weight is 265 g/mol. The lowest BCUT2D eigenvalue weighted by atomic mass is 10.4. The van der Waals surface area contributed by atoms with Gasteiger partial charge in [-0.05, 0) is 13.0 Å². The molecule has 0 atom stereocenters. The van der Waals surface area contributed by atoms with Crippen LogP contribution in [0.1, 0.15) is 19.0 Å². The molecule has 0 saturated heterocycles. The summed E-state index contributed by atoms with van der Waals surface area (Å²) in [5.74, 6) is 0. The topological polar surface area (TPSA) is 39.1 Å². The maximum Gasteiger partial charge on any atom is 0.411 e. The molecule has 0 aromatic carbocycles. The van der Waals surface area contributed by atoms with Crippen molar-refractivity contribution in [2.45, 2.75) is 32.6 Å². The number of hydrogen-bond acceptors (Lipinski definition) is 3. The molecule has 4 nitrogen and oxygen atoms in total. The molecule has 0 radical (unpaired) electrons. The Morgan fingerprint density at radius 2 is 2.22 bits per heavy atom. The molecule has 0 saturated carbocycles. The Kier molecular flexibility index (Phi) is 6.14. The van der Waals surface area contributed by atoms with Crippen molar-refractivity contribution in [3.05, 3.63) is 18.2 Å². The van der Waals surface area contributed by atoms with Crippen LogP contribution in [-0.2, 0) is 17.8 Å². The Bertz CT molecular complexity index is 339. The minimum absolute atomic E-state index is 0.0245. The molecule has 0 aliphatic carbocycles. The van der Waals surface area contributed by atoms with Crippen LogP contribution >= 0.6 is 0 Å². The van der Waals surface area contributed by atoms with E-state index in [9.17, 15) is 13.2 Å². The lowest BCUT2D eigenvalue weighted by molar-refractivity contribution is -0.174. The van der Waals surface area contributed by atoms with Crippen molar-refractivity contribution in [1.82, 2.24) is 14.9 Å². The summed E-state index contributed by atoms with van der Waals surface area (Å²) in [4.78, 5) is 3.97. The van der Waals surface area contributed by atoms with Gasteiger partial charge in [0, 0.05) is 19.3 Å². The smallest absolute Gasteiger partial charge is 0.370 e. The summed E-state index contributed by atoms with van der Waals surface area (Å²) in [6.45, 7) is 2.82. The summed E-state index contributed by atoms with van der Waals surface area (Å²) >= 11 is 0. The van der Waals surface area contributed by atoms with Gasteiger partial charge in [0.05, 0.1) is 18.6 Å². The van der Waals surface area contributed by atoms with Crippen LogP contribution in [0.25, 0.3) is 0 Å². The van der Waals surface area contributed by atoms with Gasteiger partial charge in [-0.1, -0.05) is 6.92 Å². The fourth-order valence-electron chi connectivity index (χ4n) is 1.44. The molecular formula is C11H18F3N3O. The van der Waals surface area contributed by atoms with Crippen molar-refractivity contribution in [2.24, 2.45) is 0 Å². The number of alkyl halides is 3. The van der Waals surface area contributed by atoms with E-state index in [1.54, 1.807) is 17.1 Å². The number of halogens is 3. The fourth-order valence-corrected chi connectivity index (χ4v) is 1.44. The summed E-state index contributed by atoms with van der Waals surface area (Å²) in [6.07, 6.45) is 0.0651. The zero-order valence-corrected chi connectivity index (χ0v) is 10.3. The minimum Gasteiger partial charge on any atom is -0.370 e. The first-order valence-corrected chi connectivity index (χ1v) is 5.87. The van der Waals surface area contributed by atoms with E-state index in [0.717, 1.165) is 18.7 Å². The van der Waals surface area contributed by atoms with Crippen LogP contribution in [0.15, 0.2) is 12.5 Å². The van der Waals surface area contributed by atoms with Gasteiger partial charge in [-0.15, -0.1) is 0 Å². The first kappa shape index (κ1) is 15.0. The van der Waals surface area contributed by atoms with E-state index in [1.165, 1.54) is 0 Å². The second-order valence-corrected chi connectivity index (χ2v) is 3.92. The lowest BCUT2D eigenvalue weighted by Gasteiger charge is -2.10. The van der Waals surface area contributed by atoms with Crippen LogP contribution in [0.2, 0.25) is 0 Å². The number of imidazole rings is 1. The highest BCUT2D eigenvalue weighted by Gasteiger charge is 2.27. The molecular weight excluding hydrogens is 247 g/mol. The first-order chi connectivity index (χ1) is 8.53. The van der Waals surface area contributed by atoms with Crippen LogP contribution < -0.4 is 5.32 Å². The van der Waals surface area contributed by atoms with E-state index in [4.69, 9.17) is 0 Å². The Morgan fingerprint density at radius 3 is 2.89 bits per heavy atom. The number of nitrogens with one attached hydrogen (secondary N) is 1. The van der Waals surface area contributed by atoms with Crippen molar-refractivity contribution in [2.75, 3.05) is 19.8 Å². The van der Waals surface area contributed by atoms with Crippen molar-refractivity contribution >= 4 is 0 Å². The summed E-state index contributed by atoms with van der Waals surface area (Å²) in [5, 5.41) is 3.21. The fraction of sp³-hybridized carbons (Fsp3) is 0.727. The van der Waals surface area contributed by atoms with Crippen molar-refractivity contribution < 1.29 is 17.9 Å².